The van der Waals surface area contributed by atoms with E-state index in [2.05, 4.69) is 13.8 Å². The summed E-state index contributed by atoms with van der Waals surface area (Å²) in [6.45, 7) is 6.70. The van der Waals surface area contributed by atoms with Gasteiger partial charge in [0.25, 0.3) is 5.91 Å². The largest absolute Gasteiger partial charge is 0.484 e. The summed E-state index contributed by atoms with van der Waals surface area (Å²) in [4.78, 5) is 14.2. The molecule has 2 rings (SSSR count). The maximum absolute atomic E-state index is 12.5. The average Bonchev–Trinajstić information content (AvgIpc) is 2.90. The van der Waals surface area contributed by atoms with Crippen LogP contribution in [0.2, 0.25) is 0 Å². The van der Waals surface area contributed by atoms with Gasteiger partial charge in [0, 0.05) is 12.6 Å². The summed E-state index contributed by atoms with van der Waals surface area (Å²) in [6.07, 6.45) is 1.32. The van der Waals surface area contributed by atoms with E-state index in [4.69, 9.17) is 4.74 Å². The first-order chi connectivity index (χ1) is 11.3. The normalized spacial score (nSPS) is 19.4. The summed E-state index contributed by atoms with van der Waals surface area (Å²) in [5.74, 6) is 1.16. The van der Waals surface area contributed by atoms with Crippen molar-refractivity contribution in [2.45, 2.75) is 45.6 Å². The van der Waals surface area contributed by atoms with Crippen LogP contribution in [0.4, 0.5) is 0 Å². The Kier molecular flexibility index (Phi) is 6.27. The Morgan fingerprint density at radius 3 is 2.71 bits per heavy atom. The maximum Gasteiger partial charge on any atom is 0.260 e. The van der Waals surface area contributed by atoms with E-state index >= 15 is 0 Å². The minimum atomic E-state index is -3.01. The highest BCUT2D eigenvalue weighted by molar-refractivity contribution is 7.91. The molecule has 134 valence electrons. The first kappa shape index (κ1) is 18.8. The van der Waals surface area contributed by atoms with Crippen molar-refractivity contribution in [3.63, 3.8) is 0 Å². The van der Waals surface area contributed by atoms with E-state index in [0.29, 0.717) is 24.6 Å². The quantitative estimate of drug-likeness (QED) is 0.756. The van der Waals surface area contributed by atoms with E-state index in [0.717, 1.165) is 12.0 Å². The molecule has 1 unspecified atom stereocenters. The number of hydrogen-bond donors (Lipinski definition) is 0. The van der Waals surface area contributed by atoms with E-state index in [9.17, 15) is 13.2 Å². The fraction of sp³-hybridized carbons (Fsp3) is 0.611. The van der Waals surface area contributed by atoms with Crippen LogP contribution in [-0.4, -0.2) is 49.9 Å². The highest BCUT2D eigenvalue weighted by Gasteiger charge is 2.34. The lowest BCUT2D eigenvalue weighted by Crippen LogP contribution is -2.44. The van der Waals surface area contributed by atoms with Crippen LogP contribution in [0.25, 0.3) is 0 Å². The van der Waals surface area contributed by atoms with Gasteiger partial charge in [0.1, 0.15) is 5.75 Å². The Balaban J connectivity index is 1.99. The van der Waals surface area contributed by atoms with Crippen molar-refractivity contribution in [2.75, 3.05) is 24.7 Å². The molecule has 6 heteroatoms. The number of rotatable bonds is 7. The maximum atomic E-state index is 12.5. The summed E-state index contributed by atoms with van der Waals surface area (Å²) < 4.78 is 29.0. The molecule has 0 radical (unpaired) electrons. The van der Waals surface area contributed by atoms with Gasteiger partial charge in [-0.3, -0.25) is 4.79 Å². The van der Waals surface area contributed by atoms with Crippen molar-refractivity contribution in [2.24, 2.45) is 0 Å². The molecule has 24 heavy (non-hydrogen) atoms. The Hall–Kier alpha value is -1.56. The predicted octanol–water partition coefficient (Wildman–Crippen LogP) is 2.61. The lowest BCUT2D eigenvalue weighted by atomic mass is 10.0. The molecular formula is C18H27NO4S. The summed E-state index contributed by atoms with van der Waals surface area (Å²) in [5.41, 5.74) is 1.16. The fourth-order valence-electron chi connectivity index (χ4n) is 2.96. The SMILES string of the molecule is CCCN(C(=O)COc1cccc(C(C)C)c1)C1CCS(=O)(=O)C1. The van der Waals surface area contributed by atoms with Gasteiger partial charge in [0.2, 0.25) is 0 Å². The van der Waals surface area contributed by atoms with E-state index in [1.807, 2.05) is 31.2 Å². The zero-order chi connectivity index (χ0) is 17.7. The van der Waals surface area contributed by atoms with Gasteiger partial charge in [0.15, 0.2) is 16.4 Å². The highest BCUT2D eigenvalue weighted by Crippen LogP contribution is 2.21. The van der Waals surface area contributed by atoms with Gasteiger partial charge in [-0.25, -0.2) is 8.42 Å². The van der Waals surface area contributed by atoms with Gasteiger partial charge >= 0.3 is 0 Å². The number of nitrogens with zero attached hydrogens (tertiary/aromatic N) is 1. The Morgan fingerprint density at radius 2 is 2.12 bits per heavy atom. The highest BCUT2D eigenvalue weighted by atomic mass is 32.2. The van der Waals surface area contributed by atoms with E-state index in [1.54, 1.807) is 4.90 Å². The molecule has 0 N–H and O–H groups in total. The van der Waals surface area contributed by atoms with E-state index in [1.165, 1.54) is 0 Å². The molecule has 1 heterocycles. The molecule has 1 amide bonds. The molecule has 1 atom stereocenters. The molecule has 0 saturated carbocycles. The first-order valence-corrected chi connectivity index (χ1v) is 10.4. The van der Waals surface area contributed by atoms with Crippen LogP contribution in [-0.2, 0) is 14.6 Å². The van der Waals surface area contributed by atoms with Gasteiger partial charge in [-0.05, 0) is 36.5 Å². The van der Waals surface area contributed by atoms with E-state index < -0.39 is 9.84 Å². The Bertz CT molecular complexity index is 669. The second-order valence-electron chi connectivity index (χ2n) is 6.66. The number of carbonyl (C=O) groups is 1. The van der Waals surface area contributed by atoms with Gasteiger partial charge in [-0.1, -0.05) is 32.9 Å². The molecule has 1 aliphatic rings. The number of benzene rings is 1. The number of carbonyl (C=O) groups excluding carboxylic acids is 1. The predicted molar refractivity (Wildman–Crippen MR) is 95.1 cm³/mol. The smallest absolute Gasteiger partial charge is 0.260 e. The Morgan fingerprint density at radius 1 is 1.38 bits per heavy atom. The lowest BCUT2D eigenvalue weighted by molar-refractivity contribution is -0.135. The third-order valence-corrected chi connectivity index (χ3v) is 6.07. The first-order valence-electron chi connectivity index (χ1n) is 8.55. The number of sulfone groups is 1. The van der Waals surface area contributed by atoms with Crippen LogP contribution in [0.1, 0.15) is 45.1 Å². The van der Waals surface area contributed by atoms with Gasteiger partial charge in [-0.15, -0.1) is 0 Å². The molecule has 0 bridgehead atoms. The van der Waals surface area contributed by atoms with Crippen LogP contribution in [0.5, 0.6) is 5.75 Å². The van der Waals surface area contributed by atoms with Crippen molar-refractivity contribution in [3.05, 3.63) is 29.8 Å². The zero-order valence-electron chi connectivity index (χ0n) is 14.7. The van der Waals surface area contributed by atoms with Gasteiger partial charge in [-0.2, -0.15) is 0 Å². The molecule has 1 saturated heterocycles. The standard InChI is InChI=1S/C18H27NO4S/c1-4-9-19(16-8-10-24(21,22)13-16)18(20)12-23-17-7-5-6-15(11-17)14(2)3/h5-7,11,14,16H,4,8-10,12-13H2,1-3H3. The molecule has 0 aromatic heterocycles. The van der Waals surface area contributed by atoms with Crippen molar-refractivity contribution < 1.29 is 17.9 Å². The van der Waals surface area contributed by atoms with Crippen LogP contribution in [0, 0.1) is 0 Å². The molecule has 1 aliphatic heterocycles. The fourth-order valence-corrected chi connectivity index (χ4v) is 4.70. The number of amides is 1. The summed E-state index contributed by atoms with van der Waals surface area (Å²) in [7, 11) is -3.01. The minimum Gasteiger partial charge on any atom is -0.484 e. The van der Waals surface area contributed by atoms with Crippen molar-refractivity contribution in [1.29, 1.82) is 0 Å². The second kappa shape index (κ2) is 8.01. The summed E-state index contributed by atoms with van der Waals surface area (Å²) in [6, 6.07) is 7.52. The molecule has 1 aromatic carbocycles. The van der Waals surface area contributed by atoms with Gasteiger partial charge < -0.3 is 9.64 Å². The summed E-state index contributed by atoms with van der Waals surface area (Å²) in [5, 5.41) is 0. The number of hydrogen-bond acceptors (Lipinski definition) is 4. The molecule has 1 fully saturated rings. The summed E-state index contributed by atoms with van der Waals surface area (Å²) >= 11 is 0. The molecular weight excluding hydrogens is 326 g/mol. The molecule has 5 nitrogen and oxygen atoms in total. The molecule has 0 spiro atoms. The molecule has 0 aliphatic carbocycles. The number of ether oxygens (including phenoxy) is 1. The average molecular weight is 353 g/mol. The van der Waals surface area contributed by atoms with Gasteiger partial charge in [0.05, 0.1) is 11.5 Å². The van der Waals surface area contributed by atoms with Crippen LogP contribution < -0.4 is 4.74 Å². The second-order valence-corrected chi connectivity index (χ2v) is 8.89. The lowest BCUT2D eigenvalue weighted by Gasteiger charge is -2.28. The monoisotopic (exact) mass is 353 g/mol. The van der Waals surface area contributed by atoms with Crippen LogP contribution >= 0.6 is 0 Å². The van der Waals surface area contributed by atoms with Crippen LogP contribution in [0.3, 0.4) is 0 Å². The topological polar surface area (TPSA) is 63.7 Å². The third-order valence-electron chi connectivity index (χ3n) is 4.32. The van der Waals surface area contributed by atoms with Crippen molar-refractivity contribution in [1.82, 2.24) is 4.90 Å². The zero-order valence-corrected chi connectivity index (χ0v) is 15.5. The molecule has 1 aromatic rings. The van der Waals surface area contributed by atoms with E-state index in [-0.39, 0.29) is 30.1 Å². The third kappa shape index (κ3) is 4.97. The van der Waals surface area contributed by atoms with Crippen LogP contribution in [0.15, 0.2) is 24.3 Å². The minimum absolute atomic E-state index is 0.0574. The van der Waals surface area contributed by atoms with Crippen molar-refractivity contribution >= 4 is 15.7 Å². The van der Waals surface area contributed by atoms with Crippen molar-refractivity contribution in [3.8, 4) is 5.75 Å². The Labute approximate surface area is 144 Å².